The SMILES string of the molecule is CCOP(=O)(OCC)OC(C(=O)O)C(CC(=O)O)C(=O)O. The molecule has 0 heterocycles. The van der Waals surface area contributed by atoms with Crippen LogP contribution in [0.4, 0.5) is 0 Å². The average molecular weight is 328 g/mol. The van der Waals surface area contributed by atoms with Crippen LogP contribution in [0.3, 0.4) is 0 Å². The van der Waals surface area contributed by atoms with Crippen LogP contribution in [0, 0.1) is 5.92 Å². The van der Waals surface area contributed by atoms with Gasteiger partial charge in [0.1, 0.15) is 5.92 Å². The molecule has 122 valence electrons. The second kappa shape index (κ2) is 8.73. The van der Waals surface area contributed by atoms with Gasteiger partial charge in [-0.1, -0.05) is 0 Å². The zero-order valence-corrected chi connectivity index (χ0v) is 12.3. The van der Waals surface area contributed by atoms with Crippen molar-refractivity contribution in [2.45, 2.75) is 26.4 Å². The number of hydrogen-bond donors (Lipinski definition) is 3. The Morgan fingerprint density at radius 3 is 1.76 bits per heavy atom. The number of phosphoric acid groups is 1. The highest BCUT2D eigenvalue weighted by molar-refractivity contribution is 7.48. The van der Waals surface area contributed by atoms with E-state index >= 15 is 0 Å². The summed E-state index contributed by atoms with van der Waals surface area (Å²) in [6.07, 6.45) is -3.22. The van der Waals surface area contributed by atoms with Gasteiger partial charge in [0.25, 0.3) is 0 Å². The topological polar surface area (TPSA) is 157 Å². The Morgan fingerprint density at radius 1 is 1.00 bits per heavy atom. The summed E-state index contributed by atoms with van der Waals surface area (Å²) in [6, 6.07) is 0. The fourth-order valence-electron chi connectivity index (χ4n) is 1.36. The van der Waals surface area contributed by atoms with Crippen LogP contribution >= 0.6 is 7.82 Å². The molecule has 10 nitrogen and oxygen atoms in total. The van der Waals surface area contributed by atoms with Gasteiger partial charge >= 0.3 is 25.7 Å². The van der Waals surface area contributed by atoms with Crippen LogP contribution in [0.2, 0.25) is 0 Å². The van der Waals surface area contributed by atoms with Gasteiger partial charge in [0.05, 0.1) is 19.6 Å². The molecule has 0 aliphatic carbocycles. The Balaban J connectivity index is 5.35. The largest absolute Gasteiger partial charge is 0.481 e. The Bertz CT molecular complexity index is 424. The first-order valence-corrected chi connectivity index (χ1v) is 7.37. The van der Waals surface area contributed by atoms with Crippen LogP contribution in [-0.2, 0) is 32.5 Å². The smallest absolute Gasteiger partial charge is 0.475 e. The van der Waals surface area contributed by atoms with Crippen molar-refractivity contribution in [1.29, 1.82) is 0 Å². The van der Waals surface area contributed by atoms with E-state index in [4.69, 9.17) is 24.4 Å². The van der Waals surface area contributed by atoms with Crippen molar-refractivity contribution in [1.82, 2.24) is 0 Å². The summed E-state index contributed by atoms with van der Waals surface area (Å²) in [5, 5.41) is 26.5. The summed E-state index contributed by atoms with van der Waals surface area (Å²) in [7, 11) is -4.30. The molecule has 0 aliphatic heterocycles. The maximum absolute atomic E-state index is 12.1. The molecule has 0 saturated carbocycles. The van der Waals surface area contributed by atoms with Crippen LogP contribution in [0.5, 0.6) is 0 Å². The Labute approximate surface area is 120 Å². The monoisotopic (exact) mass is 328 g/mol. The molecular formula is C10H17O10P. The Kier molecular flexibility index (Phi) is 8.11. The predicted molar refractivity (Wildman–Crippen MR) is 66.7 cm³/mol. The number of phosphoric ester groups is 1. The van der Waals surface area contributed by atoms with Gasteiger partial charge in [-0.25, -0.2) is 9.36 Å². The third kappa shape index (κ3) is 6.67. The van der Waals surface area contributed by atoms with Crippen LogP contribution in [0.25, 0.3) is 0 Å². The minimum atomic E-state index is -4.30. The molecule has 21 heavy (non-hydrogen) atoms. The number of hydrogen-bond acceptors (Lipinski definition) is 7. The molecule has 0 rings (SSSR count). The van der Waals surface area contributed by atoms with Gasteiger partial charge in [0.15, 0.2) is 6.10 Å². The van der Waals surface area contributed by atoms with Crippen molar-refractivity contribution in [3.05, 3.63) is 0 Å². The molecule has 0 aromatic heterocycles. The standard InChI is InChI=1S/C10H17O10P/c1-3-18-21(17,19-4-2)20-8(10(15)16)6(9(13)14)5-7(11)12/h6,8H,3-5H2,1-2H3,(H,11,12)(H,13,14)(H,15,16). The van der Waals surface area contributed by atoms with E-state index in [1.807, 2.05) is 0 Å². The number of aliphatic carboxylic acids is 3. The van der Waals surface area contributed by atoms with E-state index in [2.05, 4.69) is 4.52 Å². The van der Waals surface area contributed by atoms with Crippen LogP contribution in [0.15, 0.2) is 0 Å². The van der Waals surface area contributed by atoms with Gasteiger partial charge < -0.3 is 15.3 Å². The molecule has 0 fully saturated rings. The van der Waals surface area contributed by atoms with Gasteiger partial charge in [-0.2, -0.15) is 0 Å². The van der Waals surface area contributed by atoms with E-state index in [1.165, 1.54) is 13.8 Å². The first-order valence-electron chi connectivity index (χ1n) is 5.91. The fraction of sp³-hybridized carbons (Fsp3) is 0.700. The molecule has 0 aromatic rings. The highest BCUT2D eigenvalue weighted by atomic mass is 31.2. The Hall–Kier alpha value is -1.48. The first kappa shape index (κ1) is 19.5. The highest BCUT2D eigenvalue weighted by Gasteiger charge is 2.42. The molecule has 11 heteroatoms. The van der Waals surface area contributed by atoms with E-state index in [0.717, 1.165) is 0 Å². The minimum Gasteiger partial charge on any atom is -0.481 e. The summed E-state index contributed by atoms with van der Waals surface area (Å²) >= 11 is 0. The van der Waals surface area contributed by atoms with Crippen molar-refractivity contribution in [3.63, 3.8) is 0 Å². The van der Waals surface area contributed by atoms with Crippen molar-refractivity contribution in [3.8, 4) is 0 Å². The fourth-order valence-corrected chi connectivity index (χ4v) is 2.70. The molecule has 2 atom stereocenters. The molecule has 0 bridgehead atoms. The molecule has 0 radical (unpaired) electrons. The van der Waals surface area contributed by atoms with E-state index in [9.17, 15) is 18.9 Å². The maximum atomic E-state index is 12.1. The van der Waals surface area contributed by atoms with E-state index in [-0.39, 0.29) is 13.2 Å². The number of carboxylic acids is 3. The third-order valence-electron chi connectivity index (χ3n) is 2.14. The summed E-state index contributed by atoms with van der Waals surface area (Å²) in [4.78, 5) is 32.7. The quantitative estimate of drug-likeness (QED) is 0.463. The van der Waals surface area contributed by atoms with Crippen LogP contribution in [0.1, 0.15) is 20.3 Å². The number of carbonyl (C=O) groups is 3. The molecule has 0 aliphatic rings. The molecule has 3 N–H and O–H groups in total. The zero-order valence-electron chi connectivity index (χ0n) is 11.4. The van der Waals surface area contributed by atoms with Gasteiger partial charge in [-0.05, 0) is 13.8 Å². The summed E-state index contributed by atoms with van der Waals surface area (Å²) < 4.78 is 26.1. The number of carboxylic acid groups (broad SMARTS) is 3. The normalized spacial score (nSPS) is 14.4. The van der Waals surface area contributed by atoms with Gasteiger partial charge in [-0.15, -0.1) is 0 Å². The summed E-state index contributed by atoms with van der Waals surface area (Å²) in [5.74, 6) is -7.00. The van der Waals surface area contributed by atoms with Gasteiger partial charge in [0, 0.05) is 0 Å². The van der Waals surface area contributed by atoms with E-state index in [0.29, 0.717) is 0 Å². The molecule has 0 saturated heterocycles. The van der Waals surface area contributed by atoms with Crippen molar-refractivity contribution < 1.29 is 47.8 Å². The lowest BCUT2D eigenvalue weighted by molar-refractivity contribution is -0.161. The average Bonchev–Trinajstić information content (AvgIpc) is 2.33. The zero-order chi connectivity index (χ0) is 16.6. The van der Waals surface area contributed by atoms with Gasteiger partial charge in [0.2, 0.25) is 0 Å². The minimum absolute atomic E-state index is 0.139. The Morgan fingerprint density at radius 2 is 1.48 bits per heavy atom. The molecule has 0 aromatic carbocycles. The van der Waals surface area contributed by atoms with E-state index < -0.39 is 44.2 Å². The van der Waals surface area contributed by atoms with Crippen molar-refractivity contribution in [2.24, 2.45) is 5.92 Å². The lowest BCUT2D eigenvalue weighted by Gasteiger charge is -2.24. The van der Waals surface area contributed by atoms with Crippen molar-refractivity contribution >= 4 is 25.7 Å². The molecular weight excluding hydrogens is 311 g/mol. The van der Waals surface area contributed by atoms with Crippen LogP contribution in [-0.4, -0.2) is 52.5 Å². The molecule has 0 amide bonds. The first-order chi connectivity index (χ1) is 9.66. The second-order valence-electron chi connectivity index (χ2n) is 3.69. The predicted octanol–water partition coefficient (Wildman–Crippen LogP) is 0.813. The van der Waals surface area contributed by atoms with Crippen LogP contribution < -0.4 is 0 Å². The lowest BCUT2D eigenvalue weighted by Crippen LogP contribution is -2.38. The van der Waals surface area contributed by atoms with E-state index in [1.54, 1.807) is 0 Å². The summed E-state index contributed by atoms with van der Waals surface area (Å²) in [5.41, 5.74) is 0. The lowest BCUT2D eigenvalue weighted by atomic mass is 9.99. The number of rotatable bonds is 11. The van der Waals surface area contributed by atoms with Crippen molar-refractivity contribution in [2.75, 3.05) is 13.2 Å². The maximum Gasteiger partial charge on any atom is 0.475 e. The molecule has 2 unspecified atom stereocenters. The van der Waals surface area contributed by atoms with Gasteiger partial charge in [-0.3, -0.25) is 23.2 Å². The third-order valence-corrected chi connectivity index (χ3v) is 3.77. The molecule has 0 spiro atoms. The second-order valence-corrected chi connectivity index (χ2v) is 5.31. The summed E-state index contributed by atoms with van der Waals surface area (Å²) in [6.45, 7) is 2.61. The highest BCUT2D eigenvalue weighted by Crippen LogP contribution is 2.51.